The number of rotatable bonds is 4. The lowest BCUT2D eigenvalue weighted by Gasteiger charge is -2.20. The molecule has 0 fully saturated rings. The maximum atomic E-state index is 12.6. The Balaban J connectivity index is 1.86. The summed E-state index contributed by atoms with van der Waals surface area (Å²) in [7, 11) is 1.19. The molecule has 0 aliphatic rings. The van der Waals surface area contributed by atoms with Crippen molar-refractivity contribution in [3.8, 4) is 11.1 Å². The van der Waals surface area contributed by atoms with E-state index >= 15 is 0 Å². The van der Waals surface area contributed by atoms with Crippen LogP contribution in [-0.4, -0.2) is 34.5 Å². The van der Waals surface area contributed by atoms with E-state index in [1.54, 1.807) is 24.5 Å². The minimum absolute atomic E-state index is 0.0162. The number of carboxylic acid groups (broad SMARTS) is 1. The van der Waals surface area contributed by atoms with Gasteiger partial charge in [-0.25, -0.2) is 14.5 Å². The Kier molecular flexibility index (Phi) is 5.07. The van der Waals surface area contributed by atoms with Crippen LogP contribution in [0.5, 0.6) is 0 Å². The Morgan fingerprint density at radius 1 is 1.10 bits per heavy atom. The number of ether oxygens (including phenoxy) is 1. The van der Waals surface area contributed by atoms with Crippen LogP contribution in [0.2, 0.25) is 5.02 Å². The largest absolute Gasteiger partial charge is 0.478 e. The molecule has 0 atom stereocenters. The number of anilines is 2. The Morgan fingerprint density at radius 2 is 1.93 bits per heavy atom. The number of carboxylic acids is 1. The van der Waals surface area contributed by atoms with Gasteiger partial charge in [0.1, 0.15) is 11.1 Å². The van der Waals surface area contributed by atoms with Gasteiger partial charge in [0.05, 0.1) is 30.2 Å². The summed E-state index contributed by atoms with van der Waals surface area (Å²) in [5, 5.41) is 17.9. The van der Waals surface area contributed by atoms with Crippen LogP contribution in [0.4, 0.5) is 16.4 Å². The van der Waals surface area contributed by atoms with Crippen LogP contribution >= 0.6 is 11.6 Å². The lowest BCUT2D eigenvalue weighted by atomic mass is 10.1. The molecule has 150 valence electrons. The summed E-state index contributed by atoms with van der Waals surface area (Å²) in [5.41, 5.74) is 2.03. The molecule has 2 heterocycles. The number of nitrogens with zero attached hydrogens (tertiary/aromatic N) is 3. The Hall–Kier alpha value is -3.91. The van der Waals surface area contributed by atoms with Gasteiger partial charge in [0, 0.05) is 17.0 Å². The summed E-state index contributed by atoms with van der Waals surface area (Å²) in [6, 6.07) is 13.3. The molecule has 0 unspecified atom stereocenters. The fourth-order valence-corrected chi connectivity index (χ4v) is 3.34. The van der Waals surface area contributed by atoms with Gasteiger partial charge in [-0.3, -0.25) is 0 Å². The number of hydrogen-bond donors (Lipinski definition) is 1. The lowest BCUT2D eigenvalue weighted by molar-refractivity contribution is 0.0698. The van der Waals surface area contributed by atoms with Crippen molar-refractivity contribution in [1.82, 2.24) is 10.2 Å². The molecule has 0 bridgehead atoms. The molecule has 2 aromatic carbocycles. The fourth-order valence-electron chi connectivity index (χ4n) is 3.09. The third-order valence-corrected chi connectivity index (χ3v) is 4.76. The molecule has 0 aliphatic carbocycles. The van der Waals surface area contributed by atoms with Gasteiger partial charge in [-0.1, -0.05) is 23.7 Å². The van der Waals surface area contributed by atoms with Crippen LogP contribution < -0.4 is 4.90 Å². The number of carbonyl (C=O) groups is 2. The number of halogens is 1. The number of fused-ring (bicyclic) bond motifs is 1. The zero-order chi connectivity index (χ0) is 21.3. The average molecular weight is 424 g/mol. The number of furan rings is 1. The van der Waals surface area contributed by atoms with Crippen molar-refractivity contribution in [1.29, 1.82) is 0 Å². The molecule has 0 spiro atoms. The van der Waals surface area contributed by atoms with Gasteiger partial charge in [-0.15, -0.1) is 0 Å². The lowest BCUT2D eigenvalue weighted by Crippen LogP contribution is -2.27. The summed E-state index contributed by atoms with van der Waals surface area (Å²) in [4.78, 5) is 25.3. The number of aromatic carboxylic acids is 1. The zero-order valence-corrected chi connectivity index (χ0v) is 16.3. The minimum Gasteiger partial charge on any atom is -0.478 e. The van der Waals surface area contributed by atoms with E-state index in [4.69, 9.17) is 20.8 Å². The second kappa shape index (κ2) is 7.84. The Bertz CT molecular complexity index is 1260. The first kappa shape index (κ1) is 19.4. The summed E-state index contributed by atoms with van der Waals surface area (Å²) in [5.74, 6) is -1.19. The van der Waals surface area contributed by atoms with Gasteiger partial charge in [0.25, 0.3) is 0 Å². The highest BCUT2D eigenvalue weighted by Gasteiger charge is 2.28. The minimum atomic E-state index is -1.28. The average Bonchev–Trinajstić information content (AvgIpc) is 3.16. The molecule has 4 rings (SSSR count). The third-order valence-electron chi connectivity index (χ3n) is 4.44. The van der Waals surface area contributed by atoms with Crippen LogP contribution in [0.15, 0.2) is 65.3 Å². The highest BCUT2D eigenvalue weighted by atomic mass is 35.5. The number of benzene rings is 2. The van der Waals surface area contributed by atoms with Crippen molar-refractivity contribution in [2.75, 3.05) is 12.0 Å². The predicted molar refractivity (Wildman–Crippen MR) is 110 cm³/mol. The Labute approximate surface area is 175 Å². The maximum absolute atomic E-state index is 12.6. The van der Waals surface area contributed by atoms with Gasteiger partial charge in [-0.05, 0) is 35.9 Å². The molecule has 4 aromatic rings. The number of methoxy groups -OCH3 is 1. The SMILES string of the molecule is COC(=O)N(c1cc2cc(-c3ccnnc3)ccc2o1)c1cccc(Cl)c1C(=O)O. The van der Waals surface area contributed by atoms with Crippen molar-refractivity contribution in [3.05, 3.63) is 71.5 Å². The van der Waals surface area contributed by atoms with Gasteiger partial charge < -0.3 is 14.3 Å². The molecular formula is C21H14ClN3O5. The Morgan fingerprint density at radius 3 is 2.63 bits per heavy atom. The quantitative estimate of drug-likeness (QED) is 0.484. The van der Waals surface area contributed by atoms with E-state index in [-0.39, 0.29) is 22.2 Å². The predicted octanol–water partition coefficient (Wildman–Crippen LogP) is 5.15. The van der Waals surface area contributed by atoms with E-state index in [0.717, 1.165) is 16.0 Å². The molecular weight excluding hydrogens is 410 g/mol. The van der Waals surface area contributed by atoms with E-state index in [0.29, 0.717) is 11.0 Å². The molecule has 0 radical (unpaired) electrons. The van der Waals surface area contributed by atoms with Crippen LogP contribution in [-0.2, 0) is 4.74 Å². The van der Waals surface area contributed by atoms with E-state index in [1.165, 1.54) is 25.3 Å². The smallest absolute Gasteiger partial charge is 0.421 e. The van der Waals surface area contributed by atoms with E-state index in [2.05, 4.69) is 10.2 Å². The molecule has 0 aliphatic heterocycles. The molecule has 9 heteroatoms. The fraction of sp³-hybridized carbons (Fsp3) is 0.0476. The standard InChI is InChI=1S/C21H14ClN3O5/c1-29-21(28)25(16-4-2-3-15(22)19(16)20(26)27)18-10-14-9-12(5-6-17(14)30-18)13-7-8-23-24-11-13/h2-11H,1H3,(H,26,27). The first-order valence-corrected chi connectivity index (χ1v) is 9.08. The van der Waals surface area contributed by atoms with Gasteiger partial charge in [-0.2, -0.15) is 10.2 Å². The molecule has 0 saturated carbocycles. The summed E-state index contributed by atoms with van der Waals surface area (Å²) < 4.78 is 10.7. The summed E-state index contributed by atoms with van der Waals surface area (Å²) in [6.07, 6.45) is 2.40. The first-order valence-electron chi connectivity index (χ1n) is 8.70. The summed E-state index contributed by atoms with van der Waals surface area (Å²) >= 11 is 6.07. The first-order chi connectivity index (χ1) is 14.5. The molecule has 1 amide bonds. The van der Waals surface area contributed by atoms with Crippen LogP contribution in [0.25, 0.3) is 22.1 Å². The van der Waals surface area contributed by atoms with Crippen molar-refractivity contribution >= 4 is 46.2 Å². The van der Waals surface area contributed by atoms with Crippen LogP contribution in [0.3, 0.4) is 0 Å². The molecule has 8 nitrogen and oxygen atoms in total. The zero-order valence-electron chi connectivity index (χ0n) is 15.6. The number of aromatic nitrogens is 2. The molecule has 2 aromatic heterocycles. The number of carbonyl (C=O) groups excluding carboxylic acids is 1. The van der Waals surface area contributed by atoms with Gasteiger partial charge in [0.15, 0.2) is 0 Å². The number of amides is 1. The van der Waals surface area contributed by atoms with Crippen LogP contribution in [0, 0.1) is 0 Å². The normalized spacial score (nSPS) is 10.7. The monoisotopic (exact) mass is 423 g/mol. The third kappa shape index (κ3) is 3.44. The molecule has 1 N–H and O–H groups in total. The van der Waals surface area contributed by atoms with E-state index < -0.39 is 12.1 Å². The highest BCUT2D eigenvalue weighted by Crippen LogP contribution is 2.37. The van der Waals surface area contributed by atoms with E-state index in [1.807, 2.05) is 18.2 Å². The van der Waals surface area contributed by atoms with Crippen LogP contribution in [0.1, 0.15) is 10.4 Å². The maximum Gasteiger partial charge on any atom is 0.421 e. The van der Waals surface area contributed by atoms with E-state index in [9.17, 15) is 14.7 Å². The summed E-state index contributed by atoms with van der Waals surface area (Å²) in [6.45, 7) is 0. The van der Waals surface area contributed by atoms with Crippen molar-refractivity contribution in [3.63, 3.8) is 0 Å². The second-order valence-electron chi connectivity index (χ2n) is 6.21. The van der Waals surface area contributed by atoms with Crippen molar-refractivity contribution in [2.45, 2.75) is 0 Å². The molecule has 0 saturated heterocycles. The van der Waals surface area contributed by atoms with Crippen molar-refractivity contribution in [2.24, 2.45) is 0 Å². The highest BCUT2D eigenvalue weighted by molar-refractivity contribution is 6.34. The number of hydrogen-bond acceptors (Lipinski definition) is 6. The van der Waals surface area contributed by atoms with Gasteiger partial charge in [0.2, 0.25) is 5.88 Å². The second-order valence-corrected chi connectivity index (χ2v) is 6.62. The molecule has 30 heavy (non-hydrogen) atoms. The van der Waals surface area contributed by atoms with Gasteiger partial charge >= 0.3 is 12.1 Å². The van der Waals surface area contributed by atoms with Crippen molar-refractivity contribution < 1.29 is 23.8 Å². The topological polar surface area (TPSA) is 106 Å².